The Morgan fingerprint density at radius 2 is 2.00 bits per heavy atom. The maximum absolute atomic E-state index is 12.9. The van der Waals surface area contributed by atoms with Crippen molar-refractivity contribution in [3.63, 3.8) is 0 Å². The summed E-state index contributed by atoms with van der Waals surface area (Å²) < 4.78 is 12.9. The number of H-pyrrole nitrogens is 1. The third-order valence-corrected chi connectivity index (χ3v) is 3.58. The monoisotopic (exact) mass is 312 g/mol. The van der Waals surface area contributed by atoms with Gasteiger partial charge in [0.1, 0.15) is 5.82 Å². The standard InChI is InChI=1S/C17H17FN4O/c18-15-5-3-12(4-6-15)16(23)11-20-9-14-10-21-22-17(14)13-2-1-7-19-8-13/h1-8,10,16,20,23H,9,11H2,(H,21,22)/t16-/m0/s1. The number of aromatic nitrogens is 3. The van der Waals surface area contributed by atoms with Crippen LogP contribution in [0.15, 0.2) is 55.0 Å². The van der Waals surface area contributed by atoms with Crippen molar-refractivity contribution in [2.75, 3.05) is 6.54 Å². The van der Waals surface area contributed by atoms with E-state index >= 15 is 0 Å². The van der Waals surface area contributed by atoms with E-state index < -0.39 is 6.10 Å². The van der Waals surface area contributed by atoms with Crippen molar-refractivity contribution in [2.24, 2.45) is 0 Å². The van der Waals surface area contributed by atoms with Gasteiger partial charge in [-0.25, -0.2) is 4.39 Å². The summed E-state index contributed by atoms with van der Waals surface area (Å²) in [6, 6.07) is 9.68. The summed E-state index contributed by atoms with van der Waals surface area (Å²) in [4.78, 5) is 4.10. The second-order valence-corrected chi connectivity index (χ2v) is 5.21. The van der Waals surface area contributed by atoms with E-state index in [1.54, 1.807) is 30.7 Å². The molecule has 0 bridgehead atoms. The van der Waals surface area contributed by atoms with Crippen LogP contribution in [-0.2, 0) is 6.54 Å². The van der Waals surface area contributed by atoms with Gasteiger partial charge in [-0.2, -0.15) is 5.10 Å². The molecule has 0 aliphatic carbocycles. The minimum atomic E-state index is -0.690. The van der Waals surface area contributed by atoms with Gasteiger partial charge < -0.3 is 10.4 Å². The zero-order valence-electron chi connectivity index (χ0n) is 12.4. The number of hydrogen-bond donors (Lipinski definition) is 3. The minimum Gasteiger partial charge on any atom is -0.387 e. The highest BCUT2D eigenvalue weighted by Gasteiger charge is 2.10. The Labute approximate surface area is 133 Å². The predicted octanol–water partition coefficient (Wildman–Crippen LogP) is 2.43. The first-order valence-electron chi connectivity index (χ1n) is 7.31. The molecule has 23 heavy (non-hydrogen) atoms. The highest BCUT2D eigenvalue weighted by Crippen LogP contribution is 2.20. The Morgan fingerprint density at radius 3 is 2.74 bits per heavy atom. The van der Waals surface area contributed by atoms with Crippen molar-refractivity contribution >= 4 is 0 Å². The van der Waals surface area contributed by atoms with Gasteiger partial charge in [0.2, 0.25) is 0 Å². The molecule has 3 aromatic rings. The molecule has 2 aromatic heterocycles. The van der Waals surface area contributed by atoms with Gasteiger partial charge in [0.05, 0.1) is 18.0 Å². The normalized spacial score (nSPS) is 12.3. The van der Waals surface area contributed by atoms with Gasteiger partial charge in [-0.1, -0.05) is 12.1 Å². The van der Waals surface area contributed by atoms with Crippen LogP contribution in [0, 0.1) is 5.82 Å². The molecule has 118 valence electrons. The molecule has 5 nitrogen and oxygen atoms in total. The van der Waals surface area contributed by atoms with Gasteiger partial charge in [-0.05, 0) is 29.8 Å². The fourth-order valence-corrected chi connectivity index (χ4v) is 2.35. The van der Waals surface area contributed by atoms with E-state index in [1.807, 2.05) is 12.1 Å². The Bertz CT molecular complexity index is 743. The lowest BCUT2D eigenvalue weighted by Gasteiger charge is -2.12. The van der Waals surface area contributed by atoms with Gasteiger partial charge in [0.25, 0.3) is 0 Å². The third kappa shape index (κ3) is 3.80. The van der Waals surface area contributed by atoms with Crippen LogP contribution in [0.3, 0.4) is 0 Å². The number of pyridine rings is 1. The summed E-state index contributed by atoms with van der Waals surface area (Å²) in [7, 11) is 0. The van der Waals surface area contributed by atoms with Crippen molar-refractivity contribution in [2.45, 2.75) is 12.6 Å². The highest BCUT2D eigenvalue weighted by molar-refractivity contribution is 5.61. The number of halogens is 1. The SMILES string of the molecule is O[C@@H](CNCc1cn[nH]c1-c1cccnc1)c1ccc(F)cc1. The number of aromatic amines is 1. The molecule has 0 spiro atoms. The number of benzene rings is 1. The van der Waals surface area contributed by atoms with Crippen LogP contribution in [-0.4, -0.2) is 26.8 Å². The Hall–Kier alpha value is -2.57. The first-order valence-corrected chi connectivity index (χ1v) is 7.31. The van der Waals surface area contributed by atoms with Crippen LogP contribution in [0.4, 0.5) is 4.39 Å². The quantitative estimate of drug-likeness (QED) is 0.653. The number of aliphatic hydroxyl groups is 1. The largest absolute Gasteiger partial charge is 0.387 e. The zero-order chi connectivity index (χ0) is 16.1. The van der Waals surface area contributed by atoms with Gasteiger partial charge in [0.15, 0.2) is 0 Å². The second-order valence-electron chi connectivity index (χ2n) is 5.21. The van der Waals surface area contributed by atoms with E-state index in [4.69, 9.17) is 0 Å². The van der Waals surface area contributed by atoms with Gasteiger partial charge in [-0.3, -0.25) is 10.1 Å². The van der Waals surface area contributed by atoms with Crippen molar-refractivity contribution in [3.05, 3.63) is 71.9 Å². The smallest absolute Gasteiger partial charge is 0.123 e. The molecule has 2 heterocycles. The minimum absolute atomic E-state index is 0.312. The molecule has 0 saturated carbocycles. The summed E-state index contributed by atoms with van der Waals surface area (Å²) in [5, 5.41) is 20.3. The van der Waals surface area contributed by atoms with E-state index in [9.17, 15) is 9.50 Å². The molecule has 6 heteroatoms. The molecule has 0 saturated heterocycles. The van der Waals surface area contributed by atoms with Crippen molar-refractivity contribution in [3.8, 4) is 11.3 Å². The number of nitrogens with zero attached hydrogens (tertiary/aromatic N) is 2. The third-order valence-electron chi connectivity index (χ3n) is 3.58. The summed E-state index contributed by atoms with van der Waals surface area (Å²) in [5.41, 5.74) is 3.53. The molecular weight excluding hydrogens is 295 g/mol. The highest BCUT2D eigenvalue weighted by atomic mass is 19.1. The molecule has 0 radical (unpaired) electrons. The molecule has 0 aliphatic heterocycles. The maximum atomic E-state index is 12.9. The maximum Gasteiger partial charge on any atom is 0.123 e. The number of rotatable bonds is 6. The molecule has 1 aromatic carbocycles. The molecule has 1 atom stereocenters. The fraction of sp³-hybridized carbons (Fsp3) is 0.176. The summed E-state index contributed by atoms with van der Waals surface area (Å²) in [5.74, 6) is -0.312. The Kier molecular flexibility index (Phi) is 4.75. The Balaban J connectivity index is 1.59. The van der Waals surface area contributed by atoms with Crippen molar-refractivity contribution in [1.82, 2.24) is 20.5 Å². The topological polar surface area (TPSA) is 73.8 Å². The van der Waals surface area contributed by atoms with E-state index in [1.165, 1.54) is 12.1 Å². The van der Waals surface area contributed by atoms with Gasteiger partial charge in [-0.15, -0.1) is 0 Å². The van der Waals surface area contributed by atoms with Crippen LogP contribution in [0.25, 0.3) is 11.3 Å². The zero-order valence-corrected chi connectivity index (χ0v) is 12.4. The van der Waals surface area contributed by atoms with Crippen LogP contribution in [0.5, 0.6) is 0 Å². The molecule has 3 rings (SSSR count). The molecular formula is C17H17FN4O. The van der Waals surface area contributed by atoms with E-state index in [2.05, 4.69) is 20.5 Å². The lowest BCUT2D eigenvalue weighted by molar-refractivity contribution is 0.174. The van der Waals surface area contributed by atoms with Crippen molar-refractivity contribution in [1.29, 1.82) is 0 Å². The first-order chi connectivity index (χ1) is 11.2. The van der Waals surface area contributed by atoms with E-state index in [0.29, 0.717) is 18.7 Å². The van der Waals surface area contributed by atoms with Gasteiger partial charge >= 0.3 is 0 Å². The molecule has 0 aliphatic rings. The number of aliphatic hydroxyl groups excluding tert-OH is 1. The van der Waals surface area contributed by atoms with Crippen molar-refractivity contribution < 1.29 is 9.50 Å². The molecule has 0 unspecified atom stereocenters. The predicted molar refractivity (Wildman–Crippen MR) is 84.9 cm³/mol. The number of hydrogen-bond acceptors (Lipinski definition) is 4. The molecule has 0 fully saturated rings. The average Bonchev–Trinajstić information content (AvgIpc) is 3.05. The summed E-state index contributed by atoms with van der Waals surface area (Å²) in [6.45, 7) is 0.919. The average molecular weight is 312 g/mol. The van der Waals surface area contributed by atoms with E-state index in [0.717, 1.165) is 16.8 Å². The van der Waals surface area contributed by atoms with Crippen LogP contribution < -0.4 is 5.32 Å². The van der Waals surface area contributed by atoms with Crippen LogP contribution >= 0.6 is 0 Å². The number of nitrogens with one attached hydrogen (secondary N) is 2. The van der Waals surface area contributed by atoms with Crippen LogP contribution in [0.1, 0.15) is 17.2 Å². The summed E-state index contributed by atoms with van der Waals surface area (Å²) >= 11 is 0. The lowest BCUT2D eigenvalue weighted by Crippen LogP contribution is -2.21. The van der Waals surface area contributed by atoms with E-state index in [-0.39, 0.29) is 5.82 Å². The second kappa shape index (κ2) is 7.13. The first kappa shape index (κ1) is 15.3. The van der Waals surface area contributed by atoms with Crippen LogP contribution in [0.2, 0.25) is 0 Å². The molecule has 0 amide bonds. The van der Waals surface area contributed by atoms with Gasteiger partial charge in [0, 0.05) is 36.6 Å². The lowest BCUT2D eigenvalue weighted by atomic mass is 10.1. The molecule has 3 N–H and O–H groups in total. The Morgan fingerprint density at radius 1 is 1.17 bits per heavy atom. The summed E-state index contributed by atoms with van der Waals surface area (Å²) in [6.07, 6.45) is 4.55. The fourth-order valence-electron chi connectivity index (χ4n) is 2.35.